The highest BCUT2D eigenvalue weighted by Crippen LogP contribution is 2.29. The number of rotatable bonds is 3. The van der Waals surface area contributed by atoms with Gasteiger partial charge >= 0.3 is 0 Å². The summed E-state index contributed by atoms with van der Waals surface area (Å²) in [6, 6.07) is 5.74. The van der Waals surface area contributed by atoms with Crippen LogP contribution in [0.5, 0.6) is 0 Å². The second kappa shape index (κ2) is 6.27. The van der Waals surface area contributed by atoms with Gasteiger partial charge in [0, 0.05) is 22.2 Å². The van der Waals surface area contributed by atoms with Crippen molar-refractivity contribution in [3.63, 3.8) is 0 Å². The Balaban J connectivity index is 1.96. The van der Waals surface area contributed by atoms with Crippen molar-refractivity contribution in [2.75, 3.05) is 13.1 Å². The van der Waals surface area contributed by atoms with E-state index in [-0.39, 0.29) is 0 Å². The molecule has 1 aromatic carbocycles. The van der Waals surface area contributed by atoms with Gasteiger partial charge in [-0.1, -0.05) is 43.1 Å². The standard InChI is InChI=1S/C15H21Cl2N/c1-11(2)12-6-8-18(9-7-12)10-13-14(16)4-3-5-15(13)17/h3-5,11-12H,6-10H2,1-2H3. The molecule has 0 N–H and O–H groups in total. The summed E-state index contributed by atoms with van der Waals surface area (Å²) in [5.74, 6) is 1.68. The number of hydrogen-bond donors (Lipinski definition) is 0. The SMILES string of the molecule is CC(C)C1CCN(Cc2c(Cl)cccc2Cl)CC1. The first-order valence-corrected chi connectivity index (χ1v) is 7.48. The molecule has 0 radical (unpaired) electrons. The highest BCUT2D eigenvalue weighted by molar-refractivity contribution is 6.35. The van der Waals surface area contributed by atoms with Crippen molar-refractivity contribution in [1.29, 1.82) is 0 Å². The minimum atomic E-state index is 0.786. The van der Waals surface area contributed by atoms with Crippen LogP contribution in [-0.4, -0.2) is 18.0 Å². The van der Waals surface area contributed by atoms with Crippen molar-refractivity contribution in [3.8, 4) is 0 Å². The van der Waals surface area contributed by atoms with Crippen LogP contribution in [0.25, 0.3) is 0 Å². The van der Waals surface area contributed by atoms with Crippen molar-refractivity contribution in [1.82, 2.24) is 4.90 Å². The molecule has 3 heteroatoms. The molecular formula is C15H21Cl2N. The molecule has 1 fully saturated rings. The Hall–Kier alpha value is -0.240. The van der Waals surface area contributed by atoms with Crippen molar-refractivity contribution in [2.24, 2.45) is 11.8 Å². The van der Waals surface area contributed by atoms with Crippen molar-refractivity contribution in [2.45, 2.75) is 33.2 Å². The predicted molar refractivity (Wildman–Crippen MR) is 79.3 cm³/mol. The molecule has 0 spiro atoms. The Bertz CT molecular complexity index is 375. The highest BCUT2D eigenvalue weighted by atomic mass is 35.5. The lowest BCUT2D eigenvalue weighted by Gasteiger charge is -2.34. The summed E-state index contributed by atoms with van der Waals surface area (Å²) < 4.78 is 0. The molecule has 0 bridgehead atoms. The van der Waals surface area contributed by atoms with Crippen LogP contribution in [-0.2, 0) is 6.54 Å². The van der Waals surface area contributed by atoms with Crippen LogP contribution in [0.15, 0.2) is 18.2 Å². The smallest absolute Gasteiger partial charge is 0.0465 e. The number of nitrogens with zero attached hydrogens (tertiary/aromatic N) is 1. The average Bonchev–Trinajstić information content (AvgIpc) is 2.34. The molecule has 1 heterocycles. The summed E-state index contributed by atoms with van der Waals surface area (Å²) >= 11 is 12.4. The Morgan fingerprint density at radius 2 is 1.72 bits per heavy atom. The third-order valence-corrected chi connectivity index (χ3v) is 4.73. The summed E-state index contributed by atoms with van der Waals surface area (Å²) in [6.45, 7) is 7.84. The first-order chi connectivity index (χ1) is 8.58. The van der Waals surface area contributed by atoms with Gasteiger partial charge in [0.2, 0.25) is 0 Å². The number of likely N-dealkylation sites (tertiary alicyclic amines) is 1. The lowest BCUT2D eigenvalue weighted by Crippen LogP contribution is -2.34. The molecule has 2 rings (SSSR count). The van der Waals surface area contributed by atoms with E-state index in [1.165, 1.54) is 12.8 Å². The summed E-state index contributed by atoms with van der Waals surface area (Å²) in [4.78, 5) is 2.46. The predicted octanol–water partition coefficient (Wildman–Crippen LogP) is 4.86. The largest absolute Gasteiger partial charge is 0.299 e. The zero-order valence-corrected chi connectivity index (χ0v) is 12.6. The Kier molecular flexibility index (Phi) is 4.94. The number of hydrogen-bond acceptors (Lipinski definition) is 1. The summed E-state index contributed by atoms with van der Waals surface area (Å²) in [5, 5.41) is 1.57. The molecule has 0 unspecified atom stereocenters. The number of piperidine rings is 1. The van der Waals surface area contributed by atoms with Gasteiger partial charge in [-0.25, -0.2) is 0 Å². The minimum Gasteiger partial charge on any atom is -0.299 e. The van der Waals surface area contributed by atoms with E-state index in [4.69, 9.17) is 23.2 Å². The van der Waals surface area contributed by atoms with Crippen LogP contribution in [0.2, 0.25) is 10.0 Å². The van der Waals surface area contributed by atoms with Gasteiger partial charge < -0.3 is 0 Å². The average molecular weight is 286 g/mol. The number of benzene rings is 1. The van der Waals surface area contributed by atoms with E-state index in [1.54, 1.807) is 0 Å². The fourth-order valence-electron chi connectivity index (χ4n) is 2.68. The molecule has 1 aliphatic rings. The lowest BCUT2D eigenvalue weighted by molar-refractivity contribution is 0.152. The van der Waals surface area contributed by atoms with Crippen molar-refractivity contribution < 1.29 is 0 Å². The first kappa shape index (κ1) is 14.2. The molecule has 1 aliphatic heterocycles. The lowest BCUT2D eigenvalue weighted by atomic mass is 9.86. The van der Waals surface area contributed by atoms with Gasteiger partial charge in [0.05, 0.1) is 0 Å². The molecule has 0 aromatic heterocycles. The fraction of sp³-hybridized carbons (Fsp3) is 0.600. The van der Waals surface area contributed by atoms with Crippen LogP contribution in [0.1, 0.15) is 32.3 Å². The van der Waals surface area contributed by atoms with Gasteiger partial charge in [-0.3, -0.25) is 4.90 Å². The molecule has 1 aromatic rings. The van der Waals surface area contributed by atoms with E-state index in [1.807, 2.05) is 18.2 Å². The maximum Gasteiger partial charge on any atom is 0.0465 e. The Morgan fingerprint density at radius 3 is 2.22 bits per heavy atom. The number of halogens is 2. The van der Waals surface area contributed by atoms with E-state index >= 15 is 0 Å². The van der Waals surface area contributed by atoms with Crippen LogP contribution < -0.4 is 0 Å². The van der Waals surface area contributed by atoms with Gasteiger partial charge in [-0.2, -0.15) is 0 Å². The van der Waals surface area contributed by atoms with Gasteiger partial charge in [0.15, 0.2) is 0 Å². The quantitative estimate of drug-likeness (QED) is 0.767. The van der Waals surface area contributed by atoms with E-state index in [9.17, 15) is 0 Å². The third kappa shape index (κ3) is 3.40. The van der Waals surface area contributed by atoms with E-state index in [2.05, 4.69) is 18.7 Å². The van der Waals surface area contributed by atoms with Crippen LogP contribution >= 0.6 is 23.2 Å². The van der Waals surface area contributed by atoms with E-state index in [0.717, 1.165) is 47.1 Å². The maximum atomic E-state index is 6.22. The maximum absolute atomic E-state index is 6.22. The van der Waals surface area contributed by atoms with Gasteiger partial charge in [0.1, 0.15) is 0 Å². The Morgan fingerprint density at radius 1 is 1.17 bits per heavy atom. The van der Waals surface area contributed by atoms with Gasteiger partial charge in [-0.15, -0.1) is 0 Å². The van der Waals surface area contributed by atoms with Crippen LogP contribution in [0, 0.1) is 11.8 Å². The summed E-state index contributed by atoms with van der Waals surface area (Å²) in [7, 11) is 0. The molecule has 100 valence electrons. The van der Waals surface area contributed by atoms with Crippen molar-refractivity contribution >= 4 is 23.2 Å². The topological polar surface area (TPSA) is 3.24 Å². The van der Waals surface area contributed by atoms with Crippen molar-refractivity contribution in [3.05, 3.63) is 33.8 Å². The highest BCUT2D eigenvalue weighted by Gasteiger charge is 2.22. The molecule has 1 nitrogen and oxygen atoms in total. The van der Waals surface area contributed by atoms with Gasteiger partial charge in [-0.05, 0) is 49.9 Å². The molecule has 0 aliphatic carbocycles. The molecular weight excluding hydrogens is 265 g/mol. The normalized spacial score (nSPS) is 18.5. The first-order valence-electron chi connectivity index (χ1n) is 6.73. The zero-order valence-electron chi connectivity index (χ0n) is 11.1. The second-order valence-corrected chi connectivity index (χ2v) is 6.37. The third-order valence-electron chi connectivity index (χ3n) is 4.02. The van der Waals surface area contributed by atoms with Gasteiger partial charge in [0.25, 0.3) is 0 Å². The molecule has 18 heavy (non-hydrogen) atoms. The van der Waals surface area contributed by atoms with Crippen LogP contribution in [0.4, 0.5) is 0 Å². The second-order valence-electron chi connectivity index (χ2n) is 5.56. The minimum absolute atomic E-state index is 0.786. The molecule has 0 amide bonds. The van der Waals surface area contributed by atoms with E-state index < -0.39 is 0 Å². The summed E-state index contributed by atoms with van der Waals surface area (Å²) in [6.07, 6.45) is 2.58. The zero-order chi connectivity index (χ0) is 13.1. The van der Waals surface area contributed by atoms with Crippen LogP contribution in [0.3, 0.4) is 0 Å². The molecule has 0 atom stereocenters. The molecule has 0 saturated carbocycles. The molecule has 1 saturated heterocycles. The van der Waals surface area contributed by atoms with E-state index in [0.29, 0.717) is 0 Å². The Labute approximate surface area is 120 Å². The summed E-state index contributed by atoms with van der Waals surface area (Å²) in [5.41, 5.74) is 1.07. The fourth-order valence-corrected chi connectivity index (χ4v) is 3.20. The monoisotopic (exact) mass is 285 g/mol.